The summed E-state index contributed by atoms with van der Waals surface area (Å²) in [5.74, 6) is -0.207. The largest absolute Gasteiger partial charge is 0.339 e. The number of nitrogens with one attached hydrogen (secondary N) is 1. The fraction of sp³-hybridized carbons (Fsp3) is 0.400. The molecule has 1 N–H and O–H groups in total. The summed E-state index contributed by atoms with van der Waals surface area (Å²) in [4.78, 5) is 25.9. The molecule has 1 aliphatic heterocycles. The van der Waals surface area contributed by atoms with Gasteiger partial charge in [-0.05, 0) is 37.3 Å². The van der Waals surface area contributed by atoms with Crippen LogP contribution in [-0.2, 0) is 15.0 Å². The van der Waals surface area contributed by atoms with Crippen LogP contribution >= 0.6 is 11.3 Å². The molecule has 2 fully saturated rings. The van der Waals surface area contributed by atoms with Crippen molar-refractivity contribution in [3.63, 3.8) is 0 Å². The Bertz CT molecular complexity index is 852. The lowest BCUT2D eigenvalue weighted by atomic mass is 9.96. The average molecular weight is 382 g/mol. The number of benzene rings is 1. The van der Waals surface area contributed by atoms with Crippen molar-refractivity contribution in [1.82, 2.24) is 15.1 Å². The molecule has 27 heavy (non-hydrogen) atoms. The molecule has 1 aliphatic carbocycles. The normalized spacial score (nSPS) is 18.7. The van der Waals surface area contributed by atoms with Crippen molar-refractivity contribution in [3.05, 3.63) is 53.6 Å². The molecular formula is C20H22N4O2S. The van der Waals surface area contributed by atoms with E-state index in [2.05, 4.69) is 34.2 Å². The Morgan fingerprint density at radius 1 is 1.19 bits per heavy atom. The van der Waals surface area contributed by atoms with Gasteiger partial charge in [0, 0.05) is 24.4 Å². The maximum atomic E-state index is 12.6. The second-order valence-corrected chi connectivity index (χ2v) is 8.13. The van der Waals surface area contributed by atoms with Gasteiger partial charge in [-0.3, -0.25) is 9.59 Å². The molecule has 2 aliphatic rings. The molecule has 0 bridgehead atoms. The van der Waals surface area contributed by atoms with Gasteiger partial charge < -0.3 is 10.2 Å². The zero-order valence-corrected chi connectivity index (χ0v) is 15.9. The summed E-state index contributed by atoms with van der Waals surface area (Å²) >= 11 is 1.47. The molecule has 0 unspecified atom stereocenters. The summed E-state index contributed by atoms with van der Waals surface area (Å²) in [5, 5.41) is 13.0. The Morgan fingerprint density at radius 3 is 2.52 bits per heavy atom. The van der Waals surface area contributed by atoms with E-state index >= 15 is 0 Å². The van der Waals surface area contributed by atoms with E-state index in [0.29, 0.717) is 31.1 Å². The van der Waals surface area contributed by atoms with Crippen molar-refractivity contribution >= 4 is 28.3 Å². The minimum atomic E-state index is -0.102. The van der Waals surface area contributed by atoms with E-state index in [4.69, 9.17) is 0 Å². The van der Waals surface area contributed by atoms with Gasteiger partial charge in [-0.1, -0.05) is 48.2 Å². The summed E-state index contributed by atoms with van der Waals surface area (Å²) in [6.07, 6.45) is 4.77. The first-order valence-electron chi connectivity index (χ1n) is 9.24. The maximum absolute atomic E-state index is 12.6. The van der Waals surface area contributed by atoms with E-state index in [0.717, 1.165) is 17.8 Å². The molecule has 0 radical (unpaired) electrons. The third kappa shape index (κ3) is 3.51. The van der Waals surface area contributed by atoms with E-state index in [1.165, 1.54) is 23.0 Å². The molecule has 1 aromatic heterocycles. The van der Waals surface area contributed by atoms with Gasteiger partial charge >= 0.3 is 0 Å². The van der Waals surface area contributed by atoms with Crippen molar-refractivity contribution in [2.45, 2.75) is 31.1 Å². The van der Waals surface area contributed by atoms with Crippen LogP contribution in [0.3, 0.4) is 0 Å². The number of anilines is 1. The lowest BCUT2D eigenvalue weighted by Crippen LogP contribution is -2.40. The van der Waals surface area contributed by atoms with Gasteiger partial charge in [0.15, 0.2) is 0 Å². The molecule has 140 valence electrons. The van der Waals surface area contributed by atoms with Crippen LogP contribution in [-0.4, -0.2) is 40.0 Å². The van der Waals surface area contributed by atoms with Crippen molar-refractivity contribution in [3.8, 4) is 0 Å². The van der Waals surface area contributed by atoms with E-state index in [1.54, 1.807) is 4.90 Å². The summed E-state index contributed by atoms with van der Waals surface area (Å²) in [6.45, 7) is 4.68. The van der Waals surface area contributed by atoms with Crippen LogP contribution in [0.15, 0.2) is 43.0 Å². The fourth-order valence-electron chi connectivity index (χ4n) is 3.67. The SMILES string of the molecule is C=CC(=O)N1CCC(C(=O)Nc2nnc(C3(c4ccccc4)CC3)s2)CC1. The Hall–Kier alpha value is -2.54. The van der Waals surface area contributed by atoms with Crippen molar-refractivity contribution < 1.29 is 9.59 Å². The van der Waals surface area contributed by atoms with Crippen molar-refractivity contribution in [2.75, 3.05) is 18.4 Å². The van der Waals surface area contributed by atoms with E-state index in [9.17, 15) is 9.59 Å². The number of likely N-dealkylation sites (tertiary alicyclic amines) is 1. The molecule has 1 aromatic carbocycles. The number of hydrogen-bond acceptors (Lipinski definition) is 5. The van der Waals surface area contributed by atoms with Gasteiger partial charge in [0.1, 0.15) is 5.01 Å². The maximum Gasteiger partial charge on any atom is 0.245 e. The average Bonchev–Trinajstić information content (AvgIpc) is 3.41. The Labute approximate surface area is 162 Å². The van der Waals surface area contributed by atoms with E-state index in [-0.39, 0.29) is 23.1 Å². The minimum absolute atomic E-state index is 0.0295. The van der Waals surface area contributed by atoms with E-state index < -0.39 is 0 Å². The second kappa shape index (κ2) is 7.23. The molecule has 0 spiro atoms. The van der Waals surface area contributed by atoms with Gasteiger partial charge in [-0.25, -0.2) is 0 Å². The predicted molar refractivity (Wildman–Crippen MR) is 104 cm³/mol. The molecule has 4 rings (SSSR count). The number of piperidine rings is 1. The topological polar surface area (TPSA) is 75.2 Å². The molecule has 1 saturated carbocycles. The standard InChI is InChI=1S/C20H22N4O2S/c1-2-16(25)24-12-8-14(9-13-24)17(26)21-19-23-22-18(27-19)20(10-11-20)15-6-4-3-5-7-15/h2-7,14H,1,8-13H2,(H,21,23,26). The number of aromatic nitrogens is 2. The second-order valence-electron chi connectivity index (χ2n) is 7.15. The number of nitrogens with zero attached hydrogens (tertiary/aromatic N) is 3. The van der Waals surface area contributed by atoms with Crippen LogP contribution < -0.4 is 5.32 Å². The molecule has 6 nitrogen and oxygen atoms in total. The molecule has 2 aromatic rings. The lowest BCUT2D eigenvalue weighted by molar-refractivity contribution is -0.130. The minimum Gasteiger partial charge on any atom is -0.339 e. The number of carbonyl (C=O) groups is 2. The highest BCUT2D eigenvalue weighted by molar-refractivity contribution is 7.15. The summed E-state index contributed by atoms with van der Waals surface area (Å²) in [6, 6.07) is 10.4. The van der Waals surface area contributed by atoms with Crippen LogP contribution in [0.1, 0.15) is 36.3 Å². The highest BCUT2D eigenvalue weighted by Gasteiger charge is 2.49. The van der Waals surface area contributed by atoms with Gasteiger partial charge in [-0.2, -0.15) is 0 Å². The van der Waals surface area contributed by atoms with Gasteiger partial charge in [0.05, 0.1) is 0 Å². The van der Waals surface area contributed by atoms with Crippen LogP contribution in [0.4, 0.5) is 5.13 Å². The predicted octanol–water partition coefficient (Wildman–Crippen LogP) is 2.98. The zero-order valence-electron chi connectivity index (χ0n) is 15.1. The van der Waals surface area contributed by atoms with Crippen LogP contribution in [0.2, 0.25) is 0 Å². The van der Waals surface area contributed by atoms with Crippen LogP contribution in [0.25, 0.3) is 0 Å². The van der Waals surface area contributed by atoms with Crippen LogP contribution in [0.5, 0.6) is 0 Å². The summed E-state index contributed by atoms with van der Waals surface area (Å²) < 4.78 is 0. The van der Waals surface area contributed by atoms with Crippen molar-refractivity contribution in [2.24, 2.45) is 5.92 Å². The molecular weight excluding hydrogens is 360 g/mol. The Balaban J connectivity index is 1.38. The highest BCUT2D eigenvalue weighted by atomic mass is 32.1. The number of rotatable bonds is 5. The number of amides is 2. The molecule has 7 heteroatoms. The quantitative estimate of drug-likeness (QED) is 0.807. The first-order valence-corrected chi connectivity index (χ1v) is 10.1. The fourth-order valence-corrected chi connectivity index (χ4v) is 4.69. The highest BCUT2D eigenvalue weighted by Crippen LogP contribution is 2.54. The van der Waals surface area contributed by atoms with Crippen molar-refractivity contribution in [1.29, 1.82) is 0 Å². The summed E-state index contributed by atoms with van der Waals surface area (Å²) in [5.41, 5.74) is 1.23. The molecule has 2 heterocycles. The first kappa shape index (κ1) is 17.9. The third-order valence-corrected chi connectivity index (χ3v) is 6.54. The first-order chi connectivity index (χ1) is 13.1. The monoisotopic (exact) mass is 382 g/mol. The van der Waals surface area contributed by atoms with E-state index in [1.807, 2.05) is 18.2 Å². The molecule has 0 atom stereocenters. The number of carbonyl (C=O) groups excluding carboxylic acids is 2. The third-order valence-electron chi connectivity index (χ3n) is 5.49. The molecule has 1 saturated heterocycles. The summed E-state index contributed by atoms with van der Waals surface area (Å²) in [7, 11) is 0. The Kier molecular flexibility index (Phi) is 4.78. The van der Waals surface area contributed by atoms with Gasteiger partial charge in [-0.15, -0.1) is 10.2 Å². The zero-order chi connectivity index (χ0) is 18.9. The Morgan fingerprint density at radius 2 is 1.89 bits per heavy atom. The van der Waals surface area contributed by atoms with Crippen LogP contribution in [0, 0.1) is 5.92 Å². The number of hydrogen-bond donors (Lipinski definition) is 1. The van der Waals surface area contributed by atoms with Gasteiger partial charge in [0.25, 0.3) is 0 Å². The van der Waals surface area contributed by atoms with Gasteiger partial charge in [0.2, 0.25) is 16.9 Å². The molecule has 2 amide bonds. The smallest absolute Gasteiger partial charge is 0.245 e. The lowest BCUT2D eigenvalue weighted by Gasteiger charge is -2.30.